The van der Waals surface area contributed by atoms with E-state index in [9.17, 15) is 0 Å². The van der Waals surface area contributed by atoms with Crippen LogP contribution in [0.3, 0.4) is 0 Å². The largest absolute Gasteiger partial charge is 0.407 e. The minimum atomic E-state index is -1.39. The molecule has 0 saturated heterocycles. The van der Waals surface area contributed by atoms with Crippen LogP contribution in [0.1, 0.15) is 44.5 Å². The number of hydrogen-bond acceptors (Lipinski definition) is 3. The summed E-state index contributed by atoms with van der Waals surface area (Å²) >= 11 is 0. The van der Waals surface area contributed by atoms with Crippen molar-refractivity contribution in [3.8, 4) is 0 Å². The van der Waals surface area contributed by atoms with Crippen LogP contribution >= 0.6 is 8.16 Å². The van der Waals surface area contributed by atoms with Gasteiger partial charge in [-0.3, -0.25) is 0 Å². The summed E-state index contributed by atoms with van der Waals surface area (Å²) in [5.74, 6) is 0. The van der Waals surface area contributed by atoms with Gasteiger partial charge in [-0.05, 0) is 82.6 Å². The molecule has 7 rings (SSSR count). The fourth-order valence-electron chi connectivity index (χ4n) is 6.64. The first-order valence-electron chi connectivity index (χ1n) is 15.3. The SMILES string of the molecule is Cc1cc(Cc2cccc3ccccc23)c2op(N(C)C)oc3c(Cc4cccc5ccccc45)cc(C)c(C)c3c2c1C. The molecule has 1 aromatic heterocycles. The van der Waals surface area contributed by atoms with Gasteiger partial charge in [0.25, 0.3) is 0 Å². The van der Waals surface area contributed by atoms with Gasteiger partial charge in [-0.1, -0.05) is 97.1 Å². The molecule has 220 valence electrons. The molecule has 0 radical (unpaired) electrons. The monoisotopic (exact) mass is 595 g/mol. The Bertz CT molecular complexity index is 2090. The van der Waals surface area contributed by atoms with E-state index in [2.05, 4.69) is 129 Å². The molecular formula is C40H38NO2P. The van der Waals surface area contributed by atoms with Crippen molar-refractivity contribution in [1.82, 2.24) is 0 Å². The van der Waals surface area contributed by atoms with Gasteiger partial charge in [0.2, 0.25) is 0 Å². The van der Waals surface area contributed by atoms with Crippen molar-refractivity contribution < 1.29 is 8.39 Å². The first kappa shape index (κ1) is 28.5. The number of fused-ring (bicyclic) bond motifs is 5. The lowest BCUT2D eigenvalue weighted by molar-refractivity contribution is 0.630. The van der Waals surface area contributed by atoms with E-state index in [-0.39, 0.29) is 0 Å². The van der Waals surface area contributed by atoms with E-state index in [0.29, 0.717) is 0 Å². The zero-order chi connectivity index (χ0) is 30.5. The molecule has 0 N–H and O–H groups in total. The van der Waals surface area contributed by atoms with Gasteiger partial charge < -0.3 is 8.39 Å². The molecule has 4 heteroatoms. The molecule has 0 amide bonds. The van der Waals surface area contributed by atoms with Gasteiger partial charge in [-0.2, -0.15) is 0 Å². The molecule has 0 bridgehead atoms. The van der Waals surface area contributed by atoms with Crippen LogP contribution in [0.25, 0.3) is 43.5 Å². The lowest BCUT2D eigenvalue weighted by Gasteiger charge is -2.15. The smallest absolute Gasteiger partial charge is 0.309 e. The van der Waals surface area contributed by atoms with Crippen molar-refractivity contribution in [2.75, 3.05) is 18.8 Å². The Morgan fingerprint density at radius 2 is 0.932 bits per heavy atom. The molecule has 3 nitrogen and oxygen atoms in total. The highest BCUT2D eigenvalue weighted by Gasteiger charge is 2.21. The quantitative estimate of drug-likeness (QED) is 0.198. The first-order valence-corrected chi connectivity index (χ1v) is 16.5. The summed E-state index contributed by atoms with van der Waals surface area (Å²) in [6.45, 7) is 8.92. The first-order chi connectivity index (χ1) is 21.3. The average Bonchev–Trinajstić information content (AvgIpc) is 3.21. The van der Waals surface area contributed by atoms with E-state index in [0.717, 1.165) is 24.0 Å². The number of hydrogen-bond donors (Lipinski definition) is 0. The maximum absolute atomic E-state index is 6.99. The van der Waals surface area contributed by atoms with Crippen LogP contribution in [0.2, 0.25) is 0 Å². The van der Waals surface area contributed by atoms with E-state index < -0.39 is 8.16 Å². The Kier molecular flexibility index (Phi) is 7.33. The van der Waals surface area contributed by atoms with E-state index in [1.807, 2.05) is 14.1 Å². The Morgan fingerprint density at radius 1 is 0.523 bits per heavy atom. The second-order valence-corrected chi connectivity index (χ2v) is 13.9. The summed E-state index contributed by atoms with van der Waals surface area (Å²) in [5, 5.41) is 7.42. The maximum atomic E-state index is 6.99. The zero-order valence-corrected chi connectivity index (χ0v) is 27.3. The summed E-state index contributed by atoms with van der Waals surface area (Å²) in [6, 6.07) is 35.2. The van der Waals surface area contributed by atoms with Crippen LogP contribution in [0.4, 0.5) is 0 Å². The zero-order valence-electron chi connectivity index (χ0n) is 26.4. The molecule has 1 heterocycles. The van der Waals surface area contributed by atoms with Crippen LogP contribution in [0.15, 0.2) is 105 Å². The predicted octanol–water partition coefficient (Wildman–Crippen LogP) is 11.2. The Hall–Kier alpha value is -4.30. The highest BCUT2D eigenvalue weighted by molar-refractivity contribution is 7.38. The molecule has 0 atom stereocenters. The second-order valence-electron chi connectivity index (χ2n) is 12.3. The molecule has 0 aliphatic rings. The van der Waals surface area contributed by atoms with Crippen LogP contribution in [-0.2, 0) is 12.8 Å². The van der Waals surface area contributed by atoms with Crippen LogP contribution in [0.5, 0.6) is 0 Å². The standard InChI is InChI=1S/C40H38NO2P/c1-25-21-33(23-31-17-11-15-29-13-7-9-19-35(29)31)39-37(27(25)3)38-28(4)26(2)22-34(40(38)43-44(42-39)41(5)6)24-32-18-12-16-30-14-8-10-20-36(30)32/h7-22H,23-24H2,1-6H3. The van der Waals surface area contributed by atoms with Crippen LogP contribution < -0.4 is 4.67 Å². The van der Waals surface area contributed by atoms with Gasteiger partial charge in [0.05, 0.1) is 0 Å². The molecule has 0 aliphatic carbocycles. The Labute approximate surface area is 260 Å². The normalized spacial score (nSPS) is 11.8. The molecular weight excluding hydrogens is 557 g/mol. The number of aryl methyl sites for hydroxylation is 4. The molecule has 44 heavy (non-hydrogen) atoms. The third kappa shape index (κ3) is 4.91. The summed E-state index contributed by atoms with van der Waals surface area (Å²) < 4.78 is 16.1. The van der Waals surface area contributed by atoms with Crippen LogP contribution in [-0.4, -0.2) is 14.1 Å². The average molecular weight is 596 g/mol. The topological polar surface area (TPSA) is 29.5 Å². The van der Waals surface area contributed by atoms with Crippen LogP contribution in [0, 0.1) is 27.7 Å². The highest BCUT2D eigenvalue weighted by atomic mass is 31.1. The summed E-state index contributed by atoms with van der Waals surface area (Å²) in [5.41, 5.74) is 11.9. The fourth-order valence-corrected chi connectivity index (χ4v) is 7.73. The molecule has 0 fully saturated rings. The lowest BCUT2D eigenvalue weighted by Crippen LogP contribution is -2.02. The fraction of sp³-hybridized carbons (Fsp3) is 0.200. The summed E-state index contributed by atoms with van der Waals surface area (Å²) in [4.78, 5) is 0. The Morgan fingerprint density at radius 3 is 1.36 bits per heavy atom. The van der Waals surface area contributed by atoms with Gasteiger partial charge in [-0.25, -0.2) is 4.67 Å². The summed E-state index contributed by atoms with van der Waals surface area (Å²) in [6.07, 6.45) is 1.56. The molecule has 0 aliphatic heterocycles. The van der Waals surface area contributed by atoms with Crippen molar-refractivity contribution in [2.45, 2.75) is 40.5 Å². The number of benzene rings is 6. The third-order valence-electron chi connectivity index (χ3n) is 9.19. The van der Waals surface area contributed by atoms with E-state index in [1.165, 1.54) is 76.8 Å². The van der Waals surface area contributed by atoms with Crippen molar-refractivity contribution in [2.24, 2.45) is 0 Å². The molecule has 0 spiro atoms. The molecule has 6 aromatic carbocycles. The van der Waals surface area contributed by atoms with E-state index >= 15 is 0 Å². The van der Waals surface area contributed by atoms with E-state index in [1.54, 1.807) is 0 Å². The minimum Gasteiger partial charge on any atom is -0.407 e. The third-order valence-corrected chi connectivity index (χ3v) is 10.5. The van der Waals surface area contributed by atoms with E-state index in [4.69, 9.17) is 8.39 Å². The summed E-state index contributed by atoms with van der Waals surface area (Å²) in [7, 11) is 2.71. The molecule has 0 saturated carbocycles. The number of nitrogens with zero attached hydrogens (tertiary/aromatic N) is 1. The number of rotatable bonds is 5. The molecule has 0 unspecified atom stereocenters. The maximum Gasteiger partial charge on any atom is 0.309 e. The van der Waals surface area contributed by atoms with Crippen molar-refractivity contribution in [3.63, 3.8) is 0 Å². The lowest BCUT2D eigenvalue weighted by atomic mass is 9.89. The van der Waals surface area contributed by atoms with Crippen molar-refractivity contribution in [3.05, 3.63) is 142 Å². The predicted molar refractivity (Wildman–Crippen MR) is 189 cm³/mol. The van der Waals surface area contributed by atoms with Gasteiger partial charge in [0.15, 0.2) is 0 Å². The van der Waals surface area contributed by atoms with Gasteiger partial charge in [-0.15, -0.1) is 0 Å². The van der Waals surface area contributed by atoms with Crippen molar-refractivity contribution in [1.29, 1.82) is 0 Å². The van der Waals surface area contributed by atoms with Gasteiger partial charge in [0, 0.05) is 48.8 Å². The molecule has 7 aromatic rings. The van der Waals surface area contributed by atoms with Gasteiger partial charge >= 0.3 is 8.16 Å². The highest BCUT2D eigenvalue weighted by Crippen LogP contribution is 2.43. The Balaban J connectivity index is 1.55. The van der Waals surface area contributed by atoms with Crippen molar-refractivity contribution >= 4 is 51.6 Å². The minimum absolute atomic E-state index is 0.782. The second kappa shape index (κ2) is 11.3. The van der Waals surface area contributed by atoms with Gasteiger partial charge in [0.1, 0.15) is 11.2 Å².